The number of amides is 1. The fourth-order valence-corrected chi connectivity index (χ4v) is 3.75. The van der Waals surface area contributed by atoms with E-state index in [0.29, 0.717) is 5.75 Å². The highest BCUT2D eigenvalue weighted by molar-refractivity contribution is 6.14. The van der Waals surface area contributed by atoms with Gasteiger partial charge in [-0.15, -0.1) is 0 Å². The lowest BCUT2D eigenvalue weighted by molar-refractivity contribution is -0.384. The fraction of sp³-hybridized carbons (Fsp3) is 0.304. The third-order valence-electron chi connectivity index (χ3n) is 5.24. The molecule has 0 saturated heterocycles. The monoisotopic (exact) mass is 454 g/mol. The second-order valence-corrected chi connectivity index (χ2v) is 7.28. The number of benzene rings is 2. The second kappa shape index (κ2) is 10.5. The van der Waals surface area contributed by atoms with E-state index >= 15 is 0 Å². The van der Waals surface area contributed by atoms with Crippen LogP contribution in [0.1, 0.15) is 18.4 Å². The summed E-state index contributed by atoms with van der Waals surface area (Å²) in [6, 6.07) is 14.4. The zero-order valence-electron chi connectivity index (χ0n) is 18.0. The molecule has 3 atom stereocenters. The Labute approximate surface area is 189 Å². The molecule has 3 unspecified atom stereocenters. The molecule has 0 N–H and O–H groups in total. The van der Waals surface area contributed by atoms with Crippen LogP contribution in [0, 0.1) is 22.0 Å². The first-order chi connectivity index (χ1) is 15.8. The van der Waals surface area contributed by atoms with Gasteiger partial charge in [0.15, 0.2) is 0 Å². The van der Waals surface area contributed by atoms with Gasteiger partial charge < -0.3 is 14.2 Å². The molecule has 1 amide bonds. The molecule has 0 bridgehead atoms. The Balaban J connectivity index is 1.87. The number of hydrogen-bond donors (Lipinski definition) is 0. The maximum atomic E-state index is 13.0. The Kier molecular flexibility index (Phi) is 7.50. The molecule has 172 valence electrons. The summed E-state index contributed by atoms with van der Waals surface area (Å²) in [6.07, 6.45) is 0. The van der Waals surface area contributed by atoms with Crippen LogP contribution in [0.3, 0.4) is 0 Å². The highest BCUT2D eigenvalue weighted by Gasteiger charge is 2.49. The summed E-state index contributed by atoms with van der Waals surface area (Å²) in [5.74, 6) is -5.44. The van der Waals surface area contributed by atoms with Gasteiger partial charge in [-0.1, -0.05) is 30.3 Å². The van der Waals surface area contributed by atoms with Gasteiger partial charge in [0.25, 0.3) is 11.6 Å². The quantitative estimate of drug-likeness (QED) is 0.195. The van der Waals surface area contributed by atoms with Gasteiger partial charge in [-0.3, -0.25) is 24.5 Å². The van der Waals surface area contributed by atoms with E-state index in [0.717, 1.165) is 7.11 Å². The van der Waals surface area contributed by atoms with Gasteiger partial charge in [0, 0.05) is 23.8 Å². The number of non-ortho nitro benzene ring substituents is 1. The molecule has 10 nitrogen and oxygen atoms in total. The summed E-state index contributed by atoms with van der Waals surface area (Å²) in [7, 11) is 1.11. The first-order valence-corrected chi connectivity index (χ1v) is 10.1. The van der Waals surface area contributed by atoms with Gasteiger partial charge in [-0.05, 0) is 24.6 Å². The second-order valence-electron chi connectivity index (χ2n) is 7.28. The highest BCUT2D eigenvalue weighted by atomic mass is 16.6. The molecular weight excluding hydrogens is 432 g/mol. The molecule has 2 aromatic rings. The zero-order valence-corrected chi connectivity index (χ0v) is 18.0. The van der Waals surface area contributed by atoms with Crippen LogP contribution in [-0.2, 0) is 23.9 Å². The number of carbonyl (C=O) groups is 3. The first-order valence-electron chi connectivity index (χ1n) is 10.1. The Morgan fingerprint density at radius 3 is 2.42 bits per heavy atom. The van der Waals surface area contributed by atoms with Crippen LogP contribution < -0.4 is 4.74 Å². The summed E-state index contributed by atoms with van der Waals surface area (Å²) in [5.41, 5.74) is 0.155. The molecule has 2 aromatic carbocycles. The molecule has 0 radical (unpaired) electrons. The average molecular weight is 454 g/mol. The lowest BCUT2D eigenvalue weighted by Gasteiger charge is -2.33. The number of ether oxygens (including phenoxy) is 3. The molecule has 1 heterocycles. The van der Waals surface area contributed by atoms with Crippen molar-refractivity contribution in [3.05, 3.63) is 70.3 Å². The molecule has 33 heavy (non-hydrogen) atoms. The van der Waals surface area contributed by atoms with Gasteiger partial charge in [-0.2, -0.15) is 0 Å². The van der Waals surface area contributed by atoms with E-state index < -0.39 is 40.5 Å². The van der Waals surface area contributed by atoms with Gasteiger partial charge in [0.1, 0.15) is 30.8 Å². The van der Waals surface area contributed by atoms with E-state index in [4.69, 9.17) is 14.2 Å². The SMILES string of the molecule is COC(=O)C1C(=O)N=C(C)C(C(=O)OCCOc2ccccc2)C1c1cccc([N+](=O)[O-])c1. The predicted molar refractivity (Wildman–Crippen MR) is 116 cm³/mol. The van der Waals surface area contributed by atoms with Crippen molar-refractivity contribution in [1.29, 1.82) is 0 Å². The van der Waals surface area contributed by atoms with Crippen LogP contribution in [0.4, 0.5) is 5.69 Å². The number of hydrogen-bond acceptors (Lipinski definition) is 8. The predicted octanol–water partition coefficient (Wildman–Crippen LogP) is 2.71. The van der Waals surface area contributed by atoms with E-state index in [-0.39, 0.29) is 30.2 Å². The standard InChI is InChI=1S/C23H22N2O8/c1-14-18(23(28)33-12-11-32-17-9-4-3-5-10-17)19(20(21(26)24-14)22(27)31-2)15-7-6-8-16(13-15)25(29)30/h3-10,13,18-20H,11-12H2,1-2H3. The number of methoxy groups -OCH3 is 1. The lowest BCUT2D eigenvalue weighted by Crippen LogP contribution is -2.44. The molecule has 1 aliphatic rings. The summed E-state index contributed by atoms with van der Waals surface area (Å²) in [6.45, 7) is 1.47. The number of nitro groups is 1. The molecule has 0 fully saturated rings. The molecule has 0 spiro atoms. The van der Waals surface area contributed by atoms with Crippen molar-refractivity contribution in [3.63, 3.8) is 0 Å². The van der Waals surface area contributed by atoms with Gasteiger partial charge in [0.05, 0.1) is 12.0 Å². The van der Waals surface area contributed by atoms with Crippen molar-refractivity contribution in [2.75, 3.05) is 20.3 Å². The normalized spacial score (nSPS) is 19.9. The third-order valence-corrected chi connectivity index (χ3v) is 5.24. The number of carbonyl (C=O) groups excluding carboxylic acids is 3. The Morgan fingerprint density at radius 2 is 1.76 bits per heavy atom. The molecule has 0 aliphatic carbocycles. The van der Waals surface area contributed by atoms with E-state index in [1.54, 1.807) is 24.3 Å². The lowest BCUT2D eigenvalue weighted by atomic mass is 9.72. The number of nitrogens with zero attached hydrogens (tertiary/aromatic N) is 2. The van der Waals surface area contributed by atoms with Crippen molar-refractivity contribution in [3.8, 4) is 5.75 Å². The number of esters is 2. The highest BCUT2D eigenvalue weighted by Crippen LogP contribution is 2.40. The molecule has 10 heteroatoms. The third kappa shape index (κ3) is 5.40. The van der Waals surface area contributed by atoms with Crippen LogP contribution in [0.25, 0.3) is 0 Å². The van der Waals surface area contributed by atoms with Crippen LogP contribution in [-0.4, -0.2) is 48.8 Å². The minimum absolute atomic E-state index is 0.0828. The van der Waals surface area contributed by atoms with Crippen molar-refractivity contribution in [1.82, 2.24) is 0 Å². The summed E-state index contributed by atoms with van der Waals surface area (Å²) < 4.78 is 15.6. The van der Waals surface area contributed by atoms with Gasteiger partial charge >= 0.3 is 11.9 Å². The maximum absolute atomic E-state index is 13.0. The van der Waals surface area contributed by atoms with Crippen LogP contribution in [0.5, 0.6) is 5.75 Å². The minimum atomic E-state index is -1.45. The van der Waals surface area contributed by atoms with Crippen molar-refractivity contribution >= 4 is 29.2 Å². The van der Waals surface area contributed by atoms with Crippen molar-refractivity contribution < 1.29 is 33.5 Å². The van der Waals surface area contributed by atoms with E-state index in [2.05, 4.69) is 4.99 Å². The average Bonchev–Trinajstić information content (AvgIpc) is 2.81. The van der Waals surface area contributed by atoms with E-state index in [1.165, 1.54) is 31.2 Å². The fourth-order valence-electron chi connectivity index (χ4n) is 3.75. The van der Waals surface area contributed by atoms with Gasteiger partial charge in [0.2, 0.25) is 0 Å². The summed E-state index contributed by atoms with van der Waals surface area (Å²) >= 11 is 0. The van der Waals surface area contributed by atoms with E-state index in [9.17, 15) is 24.5 Å². The maximum Gasteiger partial charge on any atom is 0.318 e. The summed E-state index contributed by atoms with van der Waals surface area (Å²) in [5, 5.41) is 11.3. The van der Waals surface area contributed by atoms with Gasteiger partial charge in [-0.25, -0.2) is 4.99 Å². The molecule has 1 aliphatic heterocycles. The van der Waals surface area contributed by atoms with Crippen molar-refractivity contribution in [2.45, 2.75) is 12.8 Å². The number of aliphatic imine (C=N–C) groups is 1. The Bertz CT molecular complexity index is 1080. The largest absolute Gasteiger partial charge is 0.490 e. The minimum Gasteiger partial charge on any atom is -0.490 e. The zero-order chi connectivity index (χ0) is 24.0. The van der Waals surface area contributed by atoms with E-state index in [1.807, 2.05) is 6.07 Å². The molecule has 0 aromatic heterocycles. The van der Waals surface area contributed by atoms with Crippen LogP contribution in [0.15, 0.2) is 59.6 Å². The molecular formula is C23H22N2O8. The number of para-hydroxylation sites is 1. The van der Waals surface area contributed by atoms with Crippen molar-refractivity contribution in [2.24, 2.45) is 16.8 Å². The number of rotatable bonds is 8. The Morgan fingerprint density at radius 1 is 1.03 bits per heavy atom. The van der Waals surface area contributed by atoms with Crippen LogP contribution >= 0.6 is 0 Å². The summed E-state index contributed by atoms with van der Waals surface area (Å²) in [4.78, 5) is 52.6. The first kappa shape index (κ1) is 23.6. The number of nitro benzene ring substituents is 1. The topological polar surface area (TPSA) is 134 Å². The molecule has 3 rings (SSSR count). The smallest absolute Gasteiger partial charge is 0.318 e. The Hall–Kier alpha value is -4.08. The van der Waals surface area contributed by atoms with Crippen LogP contribution in [0.2, 0.25) is 0 Å². The molecule has 0 saturated carbocycles.